The summed E-state index contributed by atoms with van der Waals surface area (Å²) >= 11 is 0. The van der Waals surface area contributed by atoms with E-state index in [4.69, 9.17) is 10.5 Å². The predicted octanol–water partition coefficient (Wildman–Crippen LogP) is 1.20. The number of carbonyl (C=O) groups excluding carboxylic acids is 3. The van der Waals surface area contributed by atoms with Gasteiger partial charge in [-0.3, -0.25) is 14.4 Å². The summed E-state index contributed by atoms with van der Waals surface area (Å²) in [5.74, 6) is -1.88. The smallest absolute Gasteiger partial charge is 0.329 e. The highest BCUT2D eigenvalue weighted by molar-refractivity contribution is 6.39. The Morgan fingerprint density at radius 3 is 2.52 bits per heavy atom. The van der Waals surface area contributed by atoms with Crippen molar-refractivity contribution in [3.8, 4) is 5.75 Å². The van der Waals surface area contributed by atoms with E-state index in [2.05, 4.69) is 15.8 Å². The van der Waals surface area contributed by atoms with Crippen molar-refractivity contribution < 1.29 is 19.1 Å². The monoisotopic (exact) mass is 368 g/mol. The third-order valence-electron chi connectivity index (χ3n) is 3.45. The number of anilines is 1. The lowest BCUT2D eigenvalue weighted by molar-refractivity contribution is -0.136. The summed E-state index contributed by atoms with van der Waals surface area (Å²) in [5.41, 5.74) is 9.42. The van der Waals surface area contributed by atoms with Crippen molar-refractivity contribution in [1.29, 1.82) is 0 Å². The van der Waals surface area contributed by atoms with Crippen LogP contribution in [0.1, 0.15) is 18.1 Å². The SMILES string of the molecule is CCc1ccc(NC(=O)C(=O)N/N=C\c2cccc(OCC(N)=O)c2)cc1. The third kappa shape index (κ3) is 6.62. The van der Waals surface area contributed by atoms with Gasteiger partial charge < -0.3 is 15.8 Å². The van der Waals surface area contributed by atoms with Gasteiger partial charge in [-0.15, -0.1) is 0 Å². The first-order valence-corrected chi connectivity index (χ1v) is 8.22. The highest BCUT2D eigenvalue weighted by atomic mass is 16.5. The van der Waals surface area contributed by atoms with E-state index in [0.717, 1.165) is 12.0 Å². The molecule has 2 aromatic rings. The number of aryl methyl sites for hydroxylation is 1. The van der Waals surface area contributed by atoms with E-state index in [1.54, 1.807) is 36.4 Å². The van der Waals surface area contributed by atoms with Crippen molar-refractivity contribution in [3.05, 3.63) is 59.7 Å². The summed E-state index contributed by atoms with van der Waals surface area (Å²) in [6, 6.07) is 13.9. The number of hydrogen-bond acceptors (Lipinski definition) is 5. The molecule has 0 aromatic heterocycles. The van der Waals surface area contributed by atoms with Crippen LogP contribution < -0.4 is 21.2 Å². The predicted molar refractivity (Wildman–Crippen MR) is 101 cm³/mol. The molecule has 0 fully saturated rings. The van der Waals surface area contributed by atoms with Gasteiger partial charge in [0.05, 0.1) is 6.21 Å². The van der Waals surface area contributed by atoms with Gasteiger partial charge in [0.25, 0.3) is 5.91 Å². The zero-order valence-corrected chi connectivity index (χ0v) is 14.8. The molecule has 0 saturated heterocycles. The molecule has 4 N–H and O–H groups in total. The minimum atomic E-state index is -0.896. The fourth-order valence-corrected chi connectivity index (χ4v) is 2.07. The number of nitrogens with two attached hydrogens (primary N) is 1. The second-order valence-corrected chi connectivity index (χ2v) is 5.53. The fourth-order valence-electron chi connectivity index (χ4n) is 2.07. The van der Waals surface area contributed by atoms with Crippen molar-refractivity contribution in [2.45, 2.75) is 13.3 Å². The fraction of sp³-hybridized carbons (Fsp3) is 0.158. The summed E-state index contributed by atoms with van der Waals surface area (Å²) in [6.45, 7) is 1.79. The van der Waals surface area contributed by atoms with Crippen LogP contribution in [-0.4, -0.2) is 30.5 Å². The summed E-state index contributed by atoms with van der Waals surface area (Å²) in [6.07, 6.45) is 2.23. The normalized spacial score (nSPS) is 10.4. The molecule has 3 amide bonds. The van der Waals surface area contributed by atoms with E-state index in [1.165, 1.54) is 6.21 Å². The van der Waals surface area contributed by atoms with Crippen molar-refractivity contribution >= 4 is 29.6 Å². The number of hydrazone groups is 1. The van der Waals surface area contributed by atoms with Gasteiger partial charge in [-0.2, -0.15) is 5.10 Å². The average Bonchev–Trinajstić information content (AvgIpc) is 2.67. The largest absolute Gasteiger partial charge is 0.484 e. The Balaban J connectivity index is 1.87. The van der Waals surface area contributed by atoms with Gasteiger partial charge in [-0.1, -0.05) is 31.2 Å². The maximum atomic E-state index is 11.9. The second kappa shape index (κ2) is 9.71. The molecule has 0 bridgehead atoms. The van der Waals surface area contributed by atoms with Crippen molar-refractivity contribution in [2.75, 3.05) is 11.9 Å². The number of rotatable bonds is 7. The number of nitrogens with one attached hydrogen (secondary N) is 2. The van der Waals surface area contributed by atoms with E-state index < -0.39 is 17.7 Å². The van der Waals surface area contributed by atoms with Gasteiger partial charge in [-0.25, -0.2) is 5.43 Å². The van der Waals surface area contributed by atoms with E-state index in [9.17, 15) is 14.4 Å². The molecule has 0 spiro atoms. The molecule has 0 atom stereocenters. The average molecular weight is 368 g/mol. The highest BCUT2D eigenvalue weighted by Crippen LogP contribution is 2.12. The first-order valence-electron chi connectivity index (χ1n) is 8.22. The van der Waals surface area contributed by atoms with Gasteiger partial charge >= 0.3 is 11.8 Å². The molecule has 0 aliphatic rings. The lowest BCUT2D eigenvalue weighted by atomic mass is 10.1. The number of benzene rings is 2. The quantitative estimate of drug-likeness (QED) is 0.386. The molecule has 140 valence electrons. The number of amides is 3. The Morgan fingerprint density at radius 1 is 1.11 bits per heavy atom. The second-order valence-electron chi connectivity index (χ2n) is 5.53. The minimum absolute atomic E-state index is 0.239. The molecule has 2 rings (SSSR count). The maximum absolute atomic E-state index is 11.9. The molecule has 0 aliphatic heterocycles. The summed E-state index contributed by atoms with van der Waals surface area (Å²) in [7, 11) is 0. The molecular formula is C19H20N4O4. The Kier molecular flexibility index (Phi) is 7.07. The number of hydrogen-bond donors (Lipinski definition) is 3. The molecule has 0 saturated carbocycles. The third-order valence-corrected chi connectivity index (χ3v) is 3.45. The van der Waals surface area contributed by atoms with E-state index in [1.807, 2.05) is 19.1 Å². The lowest BCUT2D eigenvalue weighted by Crippen LogP contribution is -2.32. The Bertz CT molecular complexity index is 847. The molecule has 0 radical (unpaired) electrons. The van der Waals surface area contributed by atoms with Crippen molar-refractivity contribution in [1.82, 2.24) is 5.43 Å². The number of ether oxygens (including phenoxy) is 1. The zero-order valence-electron chi connectivity index (χ0n) is 14.8. The zero-order chi connectivity index (χ0) is 19.6. The molecular weight excluding hydrogens is 348 g/mol. The van der Waals surface area contributed by atoms with Crippen molar-refractivity contribution in [3.63, 3.8) is 0 Å². The molecule has 8 heteroatoms. The summed E-state index contributed by atoms with van der Waals surface area (Å²) in [4.78, 5) is 34.4. The topological polar surface area (TPSA) is 123 Å². The van der Waals surface area contributed by atoms with Crippen LogP contribution in [0, 0.1) is 0 Å². The van der Waals surface area contributed by atoms with Gasteiger partial charge in [0.2, 0.25) is 0 Å². The Morgan fingerprint density at radius 2 is 1.85 bits per heavy atom. The Hall–Kier alpha value is -3.68. The lowest BCUT2D eigenvalue weighted by Gasteiger charge is -2.05. The van der Waals surface area contributed by atoms with E-state index in [-0.39, 0.29) is 6.61 Å². The van der Waals surface area contributed by atoms with E-state index >= 15 is 0 Å². The van der Waals surface area contributed by atoms with Crippen LogP contribution in [0.5, 0.6) is 5.75 Å². The molecule has 0 unspecified atom stereocenters. The first-order chi connectivity index (χ1) is 13.0. The first kappa shape index (κ1) is 19.6. The van der Waals surface area contributed by atoms with Crippen molar-refractivity contribution in [2.24, 2.45) is 10.8 Å². The van der Waals surface area contributed by atoms with Gasteiger partial charge in [0, 0.05) is 5.69 Å². The molecule has 0 aliphatic carbocycles. The number of primary amides is 1. The van der Waals surface area contributed by atoms with E-state index in [0.29, 0.717) is 17.0 Å². The van der Waals surface area contributed by atoms with Crippen LogP contribution >= 0.6 is 0 Å². The molecule has 27 heavy (non-hydrogen) atoms. The summed E-state index contributed by atoms with van der Waals surface area (Å²) in [5, 5.41) is 6.22. The van der Waals surface area contributed by atoms with Gasteiger partial charge in [0.1, 0.15) is 5.75 Å². The molecule has 8 nitrogen and oxygen atoms in total. The highest BCUT2D eigenvalue weighted by Gasteiger charge is 2.12. The van der Waals surface area contributed by atoms with Crippen LogP contribution in [0.4, 0.5) is 5.69 Å². The van der Waals surface area contributed by atoms with Crippen LogP contribution in [0.2, 0.25) is 0 Å². The molecule has 2 aromatic carbocycles. The van der Waals surface area contributed by atoms with Crippen LogP contribution in [0.25, 0.3) is 0 Å². The number of carbonyl (C=O) groups is 3. The minimum Gasteiger partial charge on any atom is -0.484 e. The molecule has 0 heterocycles. The van der Waals surface area contributed by atoms with Crippen LogP contribution in [0.3, 0.4) is 0 Å². The maximum Gasteiger partial charge on any atom is 0.329 e. The number of nitrogens with zero attached hydrogens (tertiary/aromatic N) is 1. The Labute approximate surface area is 156 Å². The van der Waals surface area contributed by atoms with Gasteiger partial charge in [-0.05, 0) is 41.8 Å². The van der Waals surface area contributed by atoms with Crippen LogP contribution in [0.15, 0.2) is 53.6 Å². The van der Waals surface area contributed by atoms with Gasteiger partial charge in [0.15, 0.2) is 6.61 Å². The summed E-state index contributed by atoms with van der Waals surface area (Å²) < 4.78 is 5.17. The standard InChI is InChI=1S/C19H20N4O4/c1-2-13-6-8-15(9-7-13)22-18(25)19(26)23-21-11-14-4-3-5-16(10-14)27-12-17(20)24/h3-11H,2,12H2,1H3,(H2,20,24)(H,22,25)(H,23,26)/b21-11-. The van der Waals surface area contributed by atoms with Crippen LogP contribution in [-0.2, 0) is 20.8 Å².